The van der Waals surface area contributed by atoms with Crippen LogP contribution in [-0.2, 0) is 19.6 Å². The topological polar surface area (TPSA) is 87.2 Å². The molecule has 27 heavy (non-hydrogen) atoms. The predicted molar refractivity (Wildman–Crippen MR) is 99.0 cm³/mol. The van der Waals surface area contributed by atoms with Crippen molar-refractivity contribution in [3.8, 4) is 0 Å². The molecule has 1 aromatic rings. The third-order valence-corrected chi connectivity index (χ3v) is 6.83. The number of carbonyl (C=O) groups is 2. The van der Waals surface area contributed by atoms with Crippen molar-refractivity contribution in [1.82, 2.24) is 14.1 Å². The maximum Gasteiger partial charge on any atom is 0.243 e. The Morgan fingerprint density at radius 2 is 1.70 bits per heavy atom. The predicted octanol–water partition coefficient (Wildman–Crippen LogP) is 0.0543. The van der Waals surface area contributed by atoms with Crippen molar-refractivity contribution in [1.29, 1.82) is 0 Å². The van der Waals surface area contributed by atoms with Crippen LogP contribution in [0.5, 0.6) is 0 Å². The smallest absolute Gasteiger partial charge is 0.243 e. The number of ketones is 1. The highest BCUT2D eigenvalue weighted by atomic mass is 32.2. The van der Waals surface area contributed by atoms with Crippen LogP contribution in [0.4, 0.5) is 0 Å². The molecule has 0 unspecified atom stereocenters. The Hall–Kier alpha value is -1.81. The molecule has 1 amide bonds. The van der Waals surface area contributed by atoms with Crippen LogP contribution in [0.25, 0.3) is 0 Å². The number of morpholine rings is 1. The summed E-state index contributed by atoms with van der Waals surface area (Å²) in [5, 5.41) is 0. The van der Waals surface area contributed by atoms with E-state index in [4.69, 9.17) is 4.74 Å². The van der Waals surface area contributed by atoms with Gasteiger partial charge in [-0.2, -0.15) is 4.31 Å². The minimum Gasteiger partial charge on any atom is -0.378 e. The molecule has 0 aliphatic carbocycles. The summed E-state index contributed by atoms with van der Waals surface area (Å²) in [5.41, 5.74) is 0.380. The van der Waals surface area contributed by atoms with E-state index in [-0.39, 0.29) is 16.6 Å². The van der Waals surface area contributed by atoms with Gasteiger partial charge >= 0.3 is 0 Å². The summed E-state index contributed by atoms with van der Waals surface area (Å²) in [4.78, 5) is 27.8. The third kappa shape index (κ3) is 4.73. The molecule has 0 aromatic heterocycles. The van der Waals surface area contributed by atoms with Crippen LogP contribution in [0.3, 0.4) is 0 Å². The first-order valence-electron chi connectivity index (χ1n) is 9.07. The number of hydrogen-bond donors (Lipinski definition) is 0. The van der Waals surface area contributed by atoms with Gasteiger partial charge in [0.05, 0.1) is 24.7 Å². The molecule has 0 N–H and O–H groups in total. The van der Waals surface area contributed by atoms with Gasteiger partial charge in [-0.1, -0.05) is 12.1 Å². The lowest BCUT2D eigenvalue weighted by Crippen LogP contribution is -2.52. The number of hydrogen-bond acceptors (Lipinski definition) is 6. The minimum absolute atomic E-state index is 0.0590. The third-order valence-electron chi connectivity index (χ3n) is 4.93. The number of Topliss-reactive ketones (excluding diaryl/α,β-unsaturated/α-hetero) is 1. The number of benzene rings is 1. The summed E-state index contributed by atoms with van der Waals surface area (Å²) in [6.07, 6.45) is 0. The normalized spacial score (nSPS) is 19.8. The molecule has 2 fully saturated rings. The number of amides is 1. The lowest BCUT2D eigenvalue weighted by Gasteiger charge is -2.35. The fourth-order valence-corrected chi connectivity index (χ4v) is 4.73. The van der Waals surface area contributed by atoms with Gasteiger partial charge in [-0.25, -0.2) is 8.42 Å². The van der Waals surface area contributed by atoms with Crippen molar-refractivity contribution in [3.05, 3.63) is 29.8 Å². The Balaban J connectivity index is 1.58. The Bertz CT molecular complexity index is 797. The quantitative estimate of drug-likeness (QED) is 0.655. The molecular weight excluding hydrogens is 370 g/mol. The van der Waals surface area contributed by atoms with Gasteiger partial charge in [0.2, 0.25) is 15.9 Å². The maximum absolute atomic E-state index is 12.8. The summed E-state index contributed by atoms with van der Waals surface area (Å²) in [5.74, 6) is -0.109. The second-order valence-electron chi connectivity index (χ2n) is 6.76. The van der Waals surface area contributed by atoms with Crippen LogP contribution in [0.15, 0.2) is 29.2 Å². The summed E-state index contributed by atoms with van der Waals surface area (Å²) < 4.78 is 32.4. The number of ether oxygens (including phenoxy) is 1. The molecule has 0 spiro atoms. The fraction of sp³-hybridized carbons (Fsp3) is 0.556. The first-order valence-corrected chi connectivity index (χ1v) is 10.5. The van der Waals surface area contributed by atoms with Gasteiger partial charge in [-0.05, 0) is 19.1 Å². The van der Waals surface area contributed by atoms with Gasteiger partial charge in [0, 0.05) is 44.8 Å². The van der Waals surface area contributed by atoms with Crippen molar-refractivity contribution < 1.29 is 22.7 Å². The first-order chi connectivity index (χ1) is 12.9. The number of carbonyl (C=O) groups excluding carboxylic acids is 2. The van der Waals surface area contributed by atoms with Crippen LogP contribution in [0.1, 0.15) is 17.3 Å². The molecule has 148 valence electrons. The molecule has 8 nitrogen and oxygen atoms in total. The van der Waals surface area contributed by atoms with E-state index in [1.165, 1.54) is 23.4 Å². The molecule has 0 atom stereocenters. The second-order valence-corrected chi connectivity index (χ2v) is 8.70. The summed E-state index contributed by atoms with van der Waals surface area (Å²) in [7, 11) is -3.65. The van der Waals surface area contributed by atoms with E-state index in [1.54, 1.807) is 17.0 Å². The second kappa shape index (κ2) is 8.47. The van der Waals surface area contributed by atoms with Gasteiger partial charge in [0.1, 0.15) is 0 Å². The number of nitrogens with zero attached hydrogens (tertiary/aromatic N) is 3. The number of piperazine rings is 1. The lowest BCUT2D eigenvalue weighted by molar-refractivity contribution is -0.136. The monoisotopic (exact) mass is 395 g/mol. The van der Waals surface area contributed by atoms with E-state index in [2.05, 4.69) is 0 Å². The number of sulfonamides is 1. The van der Waals surface area contributed by atoms with Gasteiger partial charge in [0.25, 0.3) is 0 Å². The molecule has 2 heterocycles. The largest absolute Gasteiger partial charge is 0.378 e. The highest BCUT2D eigenvalue weighted by Gasteiger charge is 2.30. The summed E-state index contributed by atoms with van der Waals surface area (Å²) in [6, 6.07) is 6.12. The van der Waals surface area contributed by atoms with E-state index < -0.39 is 10.0 Å². The minimum atomic E-state index is -3.65. The lowest BCUT2D eigenvalue weighted by atomic mass is 10.2. The molecule has 2 aliphatic heterocycles. The van der Waals surface area contributed by atoms with Gasteiger partial charge in [-0.15, -0.1) is 0 Å². The summed E-state index contributed by atoms with van der Waals surface area (Å²) in [6.45, 7) is 5.71. The average molecular weight is 395 g/mol. The van der Waals surface area contributed by atoms with Crippen LogP contribution >= 0.6 is 0 Å². The van der Waals surface area contributed by atoms with Crippen molar-refractivity contribution in [2.75, 3.05) is 59.0 Å². The van der Waals surface area contributed by atoms with Crippen molar-refractivity contribution in [2.24, 2.45) is 0 Å². The van der Waals surface area contributed by atoms with Gasteiger partial charge in [-0.3, -0.25) is 14.5 Å². The number of rotatable bonds is 5. The molecule has 3 rings (SSSR count). The van der Waals surface area contributed by atoms with E-state index >= 15 is 0 Å². The molecule has 9 heteroatoms. The van der Waals surface area contributed by atoms with E-state index in [0.717, 1.165) is 0 Å². The maximum atomic E-state index is 12.8. The van der Waals surface area contributed by atoms with Crippen LogP contribution in [-0.4, -0.2) is 93.2 Å². The Morgan fingerprint density at radius 3 is 2.33 bits per heavy atom. The van der Waals surface area contributed by atoms with Gasteiger partial charge < -0.3 is 9.64 Å². The van der Waals surface area contributed by atoms with Crippen LogP contribution in [0, 0.1) is 0 Å². The highest BCUT2D eigenvalue weighted by Crippen LogP contribution is 2.19. The van der Waals surface area contributed by atoms with Crippen molar-refractivity contribution in [2.45, 2.75) is 11.8 Å². The van der Waals surface area contributed by atoms with Crippen molar-refractivity contribution >= 4 is 21.7 Å². The first kappa shape index (κ1) is 19.9. The Labute approximate surface area is 159 Å². The van der Waals surface area contributed by atoms with Crippen molar-refractivity contribution in [3.63, 3.8) is 0 Å². The Morgan fingerprint density at radius 1 is 1.04 bits per heavy atom. The molecule has 0 saturated carbocycles. The van der Waals surface area contributed by atoms with E-state index in [1.807, 2.05) is 4.90 Å². The highest BCUT2D eigenvalue weighted by molar-refractivity contribution is 7.89. The van der Waals surface area contributed by atoms with Crippen LogP contribution in [0.2, 0.25) is 0 Å². The Kier molecular flexibility index (Phi) is 6.25. The fourth-order valence-electron chi connectivity index (χ4n) is 3.26. The zero-order valence-electron chi connectivity index (χ0n) is 15.5. The zero-order chi connectivity index (χ0) is 19.4. The molecule has 2 aliphatic rings. The molecular formula is C18H25N3O5S. The van der Waals surface area contributed by atoms with Crippen LogP contribution < -0.4 is 0 Å². The molecule has 0 radical (unpaired) electrons. The van der Waals surface area contributed by atoms with E-state index in [9.17, 15) is 18.0 Å². The molecule has 2 saturated heterocycles. The van der Waals surface area contributed by atoms with E-state index in [0.29, 0.717) is 64.6 Å². The summed E-state index contributed by atoms with van der Waals surface area (Å²) >= 11 is 0. The van der Waals surface area contributed by atoms with Gasteiger partial charge in [0.15, 0.2) is 5.78 Å². The molecule has 1 aromatic carbocycles. The standard InChI is InChI=1S/C18H25N3O5S/c1-15(22)16-3-2-4-17(13-16)27(24,25)21-7-5-19(6-8-21)14-18(23)20-9-11-26-12-10-20/h2-4,13H,5-12,14H2,1H3. The average Bonchev–Trinajstić information content (AvgIpc) is 2.69. The zero-order valence-corrected chi connectivity index (χ0v) is 16.3. The SMILES string of the molecule is CC(=O)c1cccc(S(=O)(=O)N2CCN(CC(=O)N3CCOCC3)CC2)c1. The molecule has 0 bridgehead atoms.